The summed E-state index contributed by atoms with van der Waals surface area (Å²) in [7, 11) is 1.62. The Morgan fingerprint density at radius 2 is 2.11 bits per heavy atom. The molecule has 0 saturated heterocycles. The maximum Gasteiger partial charge on any atom is 0.272 e. The highest BCUT2D eigenvalue weighted by Crippen LogP contribution is 2.27. The second kappa shape index (κ2) is 8.04. The van der Waals surface area contributed by atoms with E-state index < -0.39 is 0 Å². The molecular weight excluding hydrogens is 378 g/mol. The molecule has 1 aromatic heterocycles. The van der Waals surface area contributed by atoms with E-state index in [9.17, 15) is 4.79 Å². The number of amides is 1. The standard InChI is InChI=1S/C21H20ClN3O3/c1-27-18-4-2-3-14(9-18)11-23-21(26)19-10-17-13-28-20(12-25(17)24-19)15-5-7-16(22)8-6-15/h2-10,20H,11-13H2,1H3,(H,23,26)/t20-/m1/s1. The highest BCUT2D eigenvalue weighted by atomic mass is 35.5. The van der Waals surface area contributed by atoms with Crippen LogP contribution in [0.4, 0.5) is 0 Å². The second-order valence-electron chi connectivity index (χ2n) is 6.59. The zero-order valence-corrected chi connectivity index (χ0v) is 16.1. The number of hydrogen-bond donors (Lipinski definition) is 1. The number of benzene rings is 2. The lowest BCUT2D eigenvalue weighted by Crippen LogP contribution is -2.24. The fourth-order valence-corrected chi connectivity index (χ4v) is 3.30. The average Bonchev–Trinajstić information content (AvgIpc) is 3.16. The number of ether oxygens (including phenoxy) is 2. The van der Waals surface area contributed by atoms with Crippen molar-refractivity contribution in [1.29, 1.82) is 0 Å². The first-order valence-electron chi connectivity index (χ1n) is 8.97. The van der Waals surface area contributed by atoms with Crippen molar-refractivity contribution in [3.05, 3.63) is 82.1 Å². The van der Waals surface area contributed by atoms with Gasteiger partial charge in [0.15, 0.2) is 5.69 Å². The normalized spacial score (nSPS) is 15.7. The fraction of sp³-hybridized carbons (Fsp3) is 0.238. The molecule has 2 heterocycles. The summed E-state index contributed by atoms with van der Waals surface area (Å²) in [6.07, 6.45) is -0.114. The summed E-state index contributed by atoms with van der Waals surface area (Å²) in [6, 6.07) is 16.9. The lowest BCUT2D eigenvalue weighted by atomic mass is 10.1. The van der Waals surface area contributed by atoms with Gasteiger partial charge in [0.05, 0.1) is 26.0 Å². The van der Waals surface area contributed by atoms with Crippen LogP contribution in [0.15, 0.2) is 54.6 Å². The summed E-state index contributed by atoms with van der Waals surface area (Å²) < 4.78 is 13.0. The Balaban J connectivity index is 1.42. The van der Waals surface area contributed by atoms with Gasteiger partial charge in [-0.05, 0) is 41.5 Å². The van der Waals surface area contributed by atoms with E-state index >= 15 is 0 Å². The molecule has 0 saturated carbocycles. The Labute approximate surface area is 168 Å². The molecule has 0 bridgehead atoms. The van der Waals surface area contributed by atoms with Gasteiger partial charge in [0.2, 0.25) is 0 Å². The van der Waals surface area contributed by atoms with E-state index in [1.807, 2.05) is 53.2 Å². The third kappa shape index (κ3) is 4.03. The van der Waals surface area contributed by atoms with Gasteiger partial charge in [-0.2, -0.15) is 5.10 Å². The monoisotopic (exact) mass is 397 g/mol. The van der Waals surface area contributed by atoms with Gasteiger partial charge in [-0.25, -0.2) is 0 Å². The van der Waals surface area contributed by atoms with E-state index in [4.69, 9.17) is 21.1 Å². The number of nitrogens with one attached hydrogen (secondary N) is 1. The smallest absolute Gasteiger partial charge is 0.272 e. The number of aromatic nitrogens is 2. The minimum Gasteiger partial charge on any atom is -0.497 e. The molecule has 3 aromatic rings. The van der Waals surface area contributed by atoms with Crippen molar-refractivity contribution in [1.82, 2.24) is 15.1 Å². The Kier molecular flexibility index (Phi) is 5.32. The van der Waals surface area contributed by atoms with Crippen LogP contribution in [0.25, 0.3) is 0 Å². The molecule has 1 aliphatic rings. The highest BCUT2D eigenvalue weighted by molar-refractivity contribution is 6.30. The molecule has 2 aromatic carbocycles. The molecule has 144 valence electrons. The van der Waals surface area contributed by atoms with Gasteiger partial charge >= 0.3 is 0 Å². The fourth-order valence-electron chi connectivity index (χ4n) is 3.17. The van der Waals surface area contributed by atoms with Crippen LogP contribution in [0.5, 0.6) is 5.75 Å². The van der Waals surface area contributed by atoms with Gasteiger partial charge in [-0.15, -0.1) is 0 Å². The summed E-state index contributed by atoms with van der Waals surface area (Å²) in [5.41, 5.74) is 3.27. The van der Waals surface area contributed by atoms with Crippen LogP contribution in [-0.4, -0.2) is 22.8 Å². The largest absolute Gasteiger partial charge is 0.497 e. The minimum absolute atomic E-state index is 0.114. The Bertz CT molecular complexity index is 985. The van der Waals surface area contributed by atoms with Gasteiger partial charge in [0.25, 0.3) is 5.91 Å². The number of halogens is 1. The first-order chi connectivity index (χ1) is 13.6. The van der Waals surface area contributed by atoms with Gasteiger partial charge < -0.3 is 14.8 Å². The molecule has 28 heavy (non-hydrogen) atoms. The number of rotatable bonds is 5. The molecular formula is C21H20ClN3O3. The number of fused-ring (bicyclic) bond motifs is 1. The first kappa shape index (κ1) is 18.5. The molecule has 0 spiro atoms. The van der Waals surface area contributed by atoms with Crippen LogP contribution in [-0.2, 0) is 24.4 Å². The number of nitrogens with zero attached hydrogens (tertiary/aromatic N) is 2. The van der Waals surface area contributed by atoms with Crippen LogP contribution < -0.4 is 10.1 Å². The van der Waals surface area contributed by atoms with Crippen LogP contribution >= 0.6 is 11.6 Å². The summed E-state index contributed by atoms with van der Waals surface area (Å²) >= 11 is 5.95. The molecule has 1 aliphatic heterocycles. The molecule has 0 aliphatic carbocycles. The molecule has 7 heteroatoms. The summed E-state index contributed by atoms with van der Waals surface area (Å²) in [5, 5.41) is 8.05. The number of carbonyl (C=O) groups excluding carboxylic acids is 1. The predicted molar refractivity (Wildman–Crippen MR) is 105 cm³/mol. The van der Waals surface area contributed by atoms with Gasteiger partial charge in [0, 0.05) is 11.6 Å². The third-order valence-electron chi connectivity index (χ3n) is 4.70. The van der Waals surface area contributed by atoms with Crippen LogP contribution in [0.2, 0.25) is 5.02 Å². The Hall–Kier alpha value is -2.83. The van der Waals surface area contributed by atoms with Crippen molar-refractivity contribution >= 4 is 17.5 Å². The maximum atomic E-state index is 12.5. The van der Waals surface area contributed by atoms with Crippen molar-refractivity contribution in [2.45, 2.75) is 25.8 Å². The predicted octanol–water partition coefficient (Wildman–Crippen LogP) is 3.75. The zero-order chi connectivity index (χ0) is 19.5. The van der Waals surface area contributed by atoms with E-state index in [1.54, 1.807) is 13.2 Å². The Morgan fingerprint density at radius 3 is 2.89 bits per heavy atom. The lowest BCUT2D eigenvalue weighted by molar-refractivity contribution is -0.00119. The second-order valence-corrected chi connectivity index (χ2v) is 7.02. The number of carbonyl (C=O) groups is 1. The summed E-state index contributed by atoms with van der Waals surface area (Å²) in [6.45, 7) is 1.37. The van der Waals surface area contributed by atoms with Crippen molar-refractivity contribution < 1.29 is 14.3 Å². The zero-order valence-electron chi connectivity index (χ0n) is 15.4. The molecule has 1 N–H and O–H groups in total. The third-order valence-corrected chi connectivity index (χ3v) is 4.95. The SMILES string of the molecule is COc1cccc(CNC(=O)c2cc3n(n2)C[C@H](c2ccc(Cl)cc2)OC3)c1. The van der Waals surface area contributed by atoms with Crippen LogP contribution in [0.1, 0.15) is 33.4 Å². The van der Waals surface area contributed by atoms with Crippen molar-refractivity contribution in [2.75, 3.05) is 7.11 Å². The topological polar surface area (TPSA) is 65.4 Å². The molecule has 6 nitrogen and oxygen atoms in total. The van der Waals surface area contributed by atoms with E-state index in [2.05, 4.69) is 10.4 Å². The quantitative estimate of drug-likeness (QED) is 0.712. The lowest BCUT2D eigenvalue weighted by Gasteiger charge is -2.24. The van der Waals surface area contributed by atoms with Crippen LogP contribution in [0.3, 0.4) is 0 Å². The Morgan fingerprint density at radius 1 is 1.29 bits per heavy atom. The highest BCUT2D eigenvalue weighted by Gasteiger charge is 2.24. The number of hydrogen-bond acceptors (Lipinski definition) is 4. The molecule has 4 rings (SSSR count). The minimum atomic E-state index is -0.215. The molecule has 1 amide bonds. The van der Waals surface area contributed by atoms with E-state index in [1.165, 1.54) is 0 Å². The summed E-state index contributed by atoms with van der Waals surface area (Å²) in [5.74, 6) is 0.544. The molecule has 0 fully saturated rings. The number of methoxy groups -OCH3 is 1. The van der Waals surface area contributed by atoms with Crippen molar-refractivity contribution in [3.63, 3.8) is 0 Å². The molecule has 1 atom stereocenters. The van der Waals surface area contributed by atoms with Crippen molar-refractivity contribution in [3.8, 4) is 5.75 Å². The maximum absolute atomic E-state index is 12.5. The van der Waals surface area contributed by atoms with E-state index in [0.29, 0.717) is 30.4 Å². The molecule has 0 radical (unpaired) electrons. The summed E-state index contributed by atoms with van der Waals surface area (Å²) in [4.78, 5) is 12.5. The van der Waals surface area contributed by atoms with E-state index in [0.717, 1.165) is 22.6 Å². The average molecular weight is 398 g/mol. The molecule has 0 unspecified atom stereocenters. The van der Waals surface area contributed by atoms with Crippen LogP contribution in [0, 0.1) is 0 Å². The van der Waals surface area contributed by atoms with Crippen molar-refractivity contribution in [2.24, 2.45) is 0 Å². The van der Waals surface area contributed by atoms with Gasteiger partial charge in [-0.3, -0.25) is 9.48 Å². The van der Waals surface area contributed by atoms with Gasteiger partial charge in [0.1, 0.15) is 11.9 Å². The van der Waals surface area contributed by atoms with E-state index in [-0.39, 0.29) is 12.0 Å². The van der Waals surface area contributed by atoms with Gasteiger partial charge in [-0.1, -0.05) is 35.9 Å². The first-order valence-corrected chi connectivity index (χ1v) is 9.35.